The summed E-state index contributed by atoms with van der Waals surface area (Å²) >= 11 is 0. The van der Waals surface area contributed by atoms with Gasteiger partial charge in [0.1, 0.15) is 0 Å². The number of hydrogen-bond donors (Lipinski definition) is 1. The van der Waals surface area contributed by atoms with Gasteiger partial charge < -0.3 is 4.90 Å². The van der Waals surface area contributed by atoms with E-state index < -0.39 is 10.0 Å². The topological polar surface area (TPSA) is 80.5 Å². The van der Waals surface area contributed by atoms with Crippen LogP contribution in [0, 0.1) is 0 Å². The highest BCUT2D eigenvalue weighted by Gasteiger charge is 2.23. The van der Waals surface area contributed by atoms with E-state index in [9.17, 15) is 13.2 Å². The Labute approximate surface area is 164 Å². The fourth-order valence-corrected chi connectivity index (χ4v) is 4.07. The molecule has 2 N–H and O–H groups in total. The van der Waals surface area contributed by atoms with Crippen molar-refractivity contribution >= 4 is 15.9 Å². The summed E-state index contributed by atoms with van der Waals surface area (Å²) in [5, 5.41) is 5.23. The molecule has 0 atom stereocenters. The lowest BCUT2D eigenvalue weighted by Crippen LogP contribution is -2.36. The molecule has 0 saturated heterocycles. The second-order valence-corrected chi connectivity index (χ2v) is 8.46. The van der Waals surface area contributed by atoms with Gasteiger partial charge in [-0.25, -0.2) is 13.6 Å². The summed E-state index contributed by atoms with van der Waals surface area (Å²) in [7, 11) is -3.76. The molecular weight excluding hydrogens is 372 g/mol. The number of fused-ring (bicyclic) bond motifs is 1. The molecular formula is C22H20N2O3S. The second kappa shape index (κ2) is 7.22. The van der Waals surface area contributed by atoms with Crippen LogP contribution in [0.25, 0.3) is 11.1 Å². The van der Waals surface area contributed by atoms with Crippen LogP contribution < -0.4 is 5.14 Å². The van der Waals surface area contributed by atoms with Gasteiger partial charge in [-0.1, -0.05) is 48.5 Å². The predicted octanol–water partition coefficient (Wildman–Crippen LogP) is 3.20. The number of nitrogens with two attached hydrogens (primary N) is 1. The molecule has 6 heteroatoms. The maximum atomic E-state index is 12.9. The van der Waals surface area contributed by atoms with E-state index >= 15 is 0 Å². The SMILES string of the molecule is NS(=O)(=O)c1ccc2c(c1)CN(C(=O)c1ccc(-c3ccccc3)cc1)CC2. The van der Waals surface area contributed by atoms with E-state index in [1.54, 1.807) is 17.0 Å². The molecule has 0 bridgehead atoms. The van der Waals surface area contributed by atoms with Crippen molar-refractivity contribution in [2.45, 2.75) is 17.9 Å². The average molecular weight is 392 g/mol. The number of sulfonamides is 1. The first kappa shape index (κ1) is 18.4. The third-order valence-corrected chi connectivity index (χ3v) is 5.96. The molecule has 1 heterocycles. The van der Waals surface area contributed by atoms with E-state index in [1.807, 2.05) is 54.6 Å². The number of primary sulfonamides is 1. The number of carbonyl (C=O) groups is 1. The molecule has 0 aliphatic carbocycles. The van der Waals surface area contributed by atoms with Crippen LogP contribution in [-0.4, -0.2) is 25.8 Å². The van der Waals surface area contributed by atoms with Gasteiger partial charge in [0.25, 0.3) is 5.91 Å². The van der Waals surface area contributed by atoms with Gasteiger partial charge in [-0.3, -0.25) is 4.79 Å². The Bertz CT molecular complexity index is 1120. The molecule has 1 aliphatic heterocycles. The molecule has 0 saturated carbocycles. The zero-order valence-corrected chi connectivity index (χ0v) is 16.0. The number of rotatable bonds is 3. The van der Waals surface area contributed by atoms with Crippen LogP contribution in [0.5, 0.6) is 0 Å². The molecule has 1 aliphatic rings. The fourth-order valence-electron chi connectivity index (χ4n) is 3.50. The lowest BCUT2D eigenvalue weighted by atomic mass is 9.98. The summed E-state index contributed by atoms with van der Waals surface area (Å²) in [6.45, 7) is 0.971. The summed E-state index contributed by atoms with van der Waals surface area (Å²) in [4.78, 5) is 14.7. The third kappa shape index (κ3) is 3.69. The van der Waals surface area contributed by atoms with Crippen molar-refractivity contribution in [1.82, 2.24) is 4.90 Å². The van der Waals surface area contributed by atoms with E-state index in [1.165, 1.54) is 6.07 Å². The Morgan fingerprint density at radius 2 is 1.54 bits per heavy atom. The Hall–Kier alpha value is -2.96. The van der Waals surface area contributed by atoms with Crippen LogP contribution >= 0.6 is 0 Å². The highest BCUT2D eigenvalue weighted by atomic mass is 32.2. The van der Waals surface area contributed by atoms with Crippen molar-refractivity contribution in [3.05, 3.63) is 89.5 Å². The van der Waals surface area contributed by atoms with E-state index in [4.69, 9.17) is 5.14 Å². The maximum Gasteiger partial charge on any atom is 0.254 e. The Morgan fingerprint density at radius 3 is 2.21 bits per heavy atom. The second-order valence-electron chi connectivity index (χ2n) is 6.90. The van der Waals surface area contributed by atoms with Gasteiger partial charge >= 0.3 is 0 Å². The minimum atomic E-state index is -3.76. The van der Waals surface area contributed by atoms with E-state index in [0.29, 0.717) is 25.1 Å². The third-order valence-electron chi connectivity index (χ3n) is 5.04. The Morgan fingerprint density at radius 1 is 0.857 bits per heavy atom. The fraction of sp³-hybridized carbons (Fsp3) is 0.136. The van der Waals surface area contributed by atoms with Gasteiger partial charge in [-0.05, 0) is 52.9 Å². The molecule has 0 unspecified atom stereocenters. The van der Waals surface area contributed by atoms with E-state index in [0.717, 1.165) is 22.3 Å². The molecule has 0 spiro atoms. The normalized spacial score (nSPS) is 13.8. The summed E-state index contributed by atoms with van der Waals surface area (Å²) in [5.74, 6) is -0.0636. The van der Waals surface area contributed by atoms with Crippen LogP contribution in [-0.2, 0) is 23.0 Å². The smallest absolute Gasteiger partial charge is 0.254 e. The standard InChI is InChI=1S/C22H20N2O3S/c23-28(26,27)21-11-10-18-12-13-24(15-20(18)14-21)22(25)19-8-6-17(7-9-19)16-4-2-1-3-5-16/h1-11,14H,12-13,15H2,(H2,23,26,27). The molecule has 1 amide bonds. The summed E-state index contributed by atoms with van der Waals surface area (Å²) < 4.78 is 23.2. The quantitative estimate of drug-likeness (QED) is 0.743. The first-order valence-corrected chi connectivity index (χ1v) is 10.6. The zero-order chi connectivity index (χ0) is 19.7. The van der Waals surface area contributed by atoms with Crippen LogP contribution in [0.1, 0.15) is 21.5 Å². The summed E-state index contributed by atoms with van der Waals surface area (Å²) in [6.07, 6.45) is 0.689. The van der Waals surface area contributed by atoms with Crippen molar-refractivity contribution in [3.8, 4) is 11.1 Å². The van der Waals surface area contributed by atoms with Gasteiger partial charge in [-0.2, -0.15) is 0 Å². The lowest BCUT2D eigenvalue weighted by Gasteiger charge is -2.29. The molecule has 142 valence electrons. The maximum absolute atomic E-state index is 12.9. The lowest BCUT2D eigenvalue weighted by molar-refractivity contribution is 0.0734. The monoisotopic (exact) mass is 392 g/mol. The first-order valence-electron chi connectivity index (χ1n) is 9.01. The molecule has 28 heavy (non-hydrogen) atoms. The van der Waals surface area contributed by atoms with Crippen molar-refractivity contribution in [2.75, 3.05) is 6.54 Å². The number of amides is 1. The van der Waals surface area contributed by atoms with Crippen molar-refractivity contribution in [1.29, 1.82) is 0 Å². The van der Waals surface area contributed by atoms with E-state index in [2.05, 4.69) is 0 Å². The molecule has 3 aromatic rings. The number of nitrogens with zero attached hydrogens (tertiary/aromatic N) is 1. The van der Waals surface area contributed by atoms with Crippen molar-refractivity contribution < 1.29 is 13.2 Å². The highest BCUT2D eigenvalue weighted by Crippen LogP contribution is 2.24. The van der Waals surface area contributed by atoms with Crippen LogP contribution in [0.2, 0.25) is 0 Å². The predicted molar refractivity (Wildman–Crippen MR) is 108 cm³/mol. The number of hydrogen-bond acceptors (Lipinski definition) is 3. The Kier molecular flexibility index (Phi) is 4.75. The molecule has 4 rings (SSSR count). The van der Waals surface area contributed by atoms with Crippen molar-refractivity contribution in [3.63, 3.8) is 0 Å². The summed E-state index contributed by atoms with van der Waals surface area (Å²) in [5.41, 5.74) is 4.65. The molecule has 0 radical (unpaired) electrons. The summed E-state index contributed by atoms with van der Waals surface area (Å²) in [6, 6.07) is 22.4. The molecule has 0 fully saturated rings. The van der Waals surface area contributed by atoms with E-state index in [-0.39, 0.29) is 10.8 Å². The molecule has 3 aromatic carbocycles. The number of benzene rings is 3. The van der Waals surface area contributed by atoms with Crippen LogP contribution in [0.4, 0.5) is 0 Å². The molecule has 5 nitrogen and oxygen atoms in total. The van der Waals surface area contributed by atoms with Gasteiger partial charge in [0.05, 0.1) is 4.90 Å². The van der Waals surface area contributed by atoms with Crippen LogP contribution in [0.15, 0.2) is 77.7 Å². The van der Waals surface area contributed by atoms with Gasteiger partial charge in [-0.15, -0.1) is 0 Å². The first-order chi connectivity index (χ1) is 13.4. The minimum Gasteiger partial charge on any atom is -0.334 e. The van der Waals surface area contributed by atoms with Gasteiger partial charge in [0.2, 0.25) is 10.0 Å². The Balaban J connectivity index is 1.55. The minimum absolute atomic E-state index is 0.0636. The largest absolute Gasteiger partial charge is 0.334 e. The van der Waals surface area contributed by atoms with Crippen LogP contribution in [0.3, 0.4) is 0 Å². The van der Waals surface area contributed by atoms with Gasteiger partial charge in [0, 0.05) is 18.7 Å². The highest BCUT2D eigenvalue weighted by molar-refractivity contribution is 7.89. The van der Waals surface area contributed by atoms with Crippen molar-refractivity contribution in [2.24, 2.45) is 5.14 Å². The molecule has 0 aromatic heterocycles. The van der Waals surface area contributed by atoms with Gasteiger partial charge in [0.15, 0.2) is 0 Å². The zero-order valence-electron chi connectivity index (χ0n) is 15.2. The average Bonchev–Trinajstić information content (AvgIpc) is 2.72. The number of carbonyl (C=O) groups excluding carboxylic acids is 1.